The van der Waals surface area contributed by atoms with Gasteiger partial charge in [0.25, 0.3) is 0 Å². The number of nitrogens with two attached hydrogens (primary N) is 1. The number of hydrogen-bond donors (Lipinski definition) is 1. The molecule has 98 valence electrons. The minimum absolute atomic E-state index is 0.425. The summed E-state index contributed by atoms with van der Waals surface area (Å²) in [6, 6.07) is 4.94. The highest BCUT2D eigenvalue weighted by atomic mass is 19.4. The summed E-state index contributed by atoms with van der Waals surface area (Å²) in [5.41, 5.74) is 4.80. The molecule has 1 aromatic rings. The summed E-state index contributed by atoms with van der Waals surface area (Å²) >= 11 is 0. The lowest BCUT2D eigenvalue weighted by Crippen LogP contribution is -2.27. The average Bonchev–Trinajstić information content (AvgIpc) is 2.77. The molecule has 18 heavy (non-hydrogen) atoms. The van der Waals surface area contributed by atoms with Crippen LogP contribution in [0.5, 0.6) is 0 Å². The fourth-order valence-electron chi connectivity index (χ4n) is 2.01. The van der Waals surface area contributed by atoms with Crippen LogP contribution in [0.3, 0.4) is 0 Å². The van der Waals surface area contributed by atoms with Crippen molar-refractivity contribution >= 4 is 5.91 Å². The number of rotatable bonds is 2. The van der Waals surface area contributed by atoms with Crippen LogP contribution in [-0.4, -0.2) is 12.0 Å². The number of carbonyl (C=O) groups excluding carboxylic acids is 1. The molecule has 2 unspecified atom stereocenters. The highest BCUT2D eigenvalue weighted by Crippen LogP contribution is 2.36. The molecule has 0 aromatic heterocycles. The number of benzene rings is 1. The second-order valence-electron chi connectivity index (χ2n) is 4.22. The van der Waals surface area contributed by atoms with Gasteiger partial charge in [0.15, 0.2) is 0 Å². The Labute approximate surface area is 102 Å². The molecule has 0 bridgehead atoms. The minimum Gasteiger partial charge on any atom is -0.367 e. The second kappa shape index (κ2) is 4.61. The zero-order valence-corrected chi connectivity index (χ0v) is 9.41. The first-order chi connectivity index (χ1) is 8.38. The molecule has 1 amide bonds. The number of primary amides is 1. The lowest BCUT2D eigenvalue weighted by atomic mass is 10.0. The van der Waals surface area contributed by atoms with Gasteiger partial charge in [-0.1, -0.05) is 12.1 Å². The fourth-order valence-corrected chi connectivity index (χ4v) is 2.01. The van der Waals surface area contributed by atoms with E-state index < -0.39 is 29.9 Å². The lowest BCUT2D eigenvalue weighted by molar-refractivity contribution is -0.138. The quantitative estimate of drug-likeness (QED) is 0.886. The van der Waals surface area contributed by atoms with Crippen LogP contribution in [0.15, 0.2) is 24.3 Å². The zero-order chi connectivity index (χ0) is 13.3. The van der Waals surface area contributed by atoms with Crippen molar-refractivity contribution in [2.45, 2.75) is 31.2 Å². The van der Waals surface area contributed by atoms with Crippen molar-refractivity contribution in [2.24, 2.45) is 5.73 Å². The number of halogens is 3. The summed E-state index contributed by atoms with van der Waals surface area (Å²) in [4.78, 5) is 10.9. The summed E-state index contributed by atoms with van der Waals surface area (Å²) in [7, 11) is 0. The van der Waals surface area contributed by atoms with Gasteiger partial charge in [0.2, 0.25) is 5.91 Å². The summed E-state index contributed by atoms with van der Waals surface area (Å²) in [5, 5.41) is 0. The van der Waals surface area contributed by atoms with E-state index in [0.717, 1.165) is 12.1 Å². The van der Waals surface area contributed by atoms with Crippen LogP contribution in [0.2, 0.25) is 0 Å². The van der Waals surface area contributed by atoms with E-state index in [1.54, 1.807) is 6.07 Å². The molecule has 1 aliphatic rings. The van der Waals surface area contributed by atoms with Gasteiger partial charge in [0, 0.05) is 0 Å². The molecular formula is C12H12F3NO2. The molecule has 0 saturated carbocycles. The van der Waals surface area contributed by atoms with Crippen molar-refractivity contribution in [3.63, 3.8) is 0 Å². The number of amides is 1. The SMILES string of the molecule is NC(=O)C1CCC(c2cccc(C(F)(F)F)c2)O1. The Bertz CT molecular complexity index is 459. The summed E-state index contributed by atoms with van der Waals surface area (Å²) in [6.07, 6.45) is -4.64. The van der Waals surface area contributed by atoms with Gasteiger partial charge in [0.05, 0.1) is 11.7 Å². The Kier molecular flexibility index (Phi) is 3.30. The Hall–Kier alpha value is -1.56. The predicted molar refractivity (Wildman–Crippen MR) is 57.5 cm³/mol. The molecule has 0 radical (unpaired) electrons. The van der Waals surface area contributed by atoms with Crippen LogP contribution >= 0.6 is 0 Å². The standard InChI is InChI=1S/C12H12F3NO2/c13-12(14,15)8-3-1-2-7(6-8)9-4-5-10(18-9)11(16)17/h1-3,6,9-10H,4-5H2,(H2,16,17). The Morgan fingerprint density at radius 1 is 1.33 bits per heavy atom. The molecule has 0 spiro atoms. The first-order valence-corrected chi connectivity index (χ1v) is 5.50. The molecule has 3 nitrogen and oxygen atoms in total. The van der Waals surface area contributed by atoms with Crippen molar-refractivity contribution in [2.75, 3.05) is 0 Å². The monoisotopic (exact) mass is 259 g/mol. The van der Waals surface area contributed by atoms with Gasteiger partial charge in [-0.05, 0) is 30.5 Å². The molecule has 6 heteroatoms. The highest BCUT2D eigenvalue weighted by molar-refractivity contribution is 5.79. The van der Waals surface area contributed by atoms with Gasteiger partial charge < -0.3 is 10.5 Å². The van der Waals surface area contributed by atoms with Crippen molar-refractivity contribution in [3.05, 3.63) is 35.4 Å². The van der Waals surface area contributed by atoms with Crippen molar-refractivity contribution in [3.8, 4) is 0 Å². The molecule has 1 saturated heterocycles. The van der Waals surface area contributed by atoms with Gasteiger partial charge in [0.1, 0.15) is 6.10 Å². The molecule has 1 aliphatic heterocycles. The lowest BCUT2D eigenvalue weighted by Gasteiger charge is -2.14. The maximum atomic E-state index is 12.5. The summed E-state index contributed by atoms with van der Waals surface area (Å²) in [5.74, 6) is -0.579. The van der Waals surface area contributed by atoms with Crippen LogP contribution in [0.4, 0.5) is 13.2 Å². The maximum absolute atomic E-state index is 12.5. The van der Waals surface area contributed by atoms with Gasteiger partial charge in [-0.15, -0.1) is 0 Å². The molecule has 1 fully saturated rings. The molecule has 1 heterocycles. The first-order valence-electron chi connectivity index (χ1n) is 5.50. The third kappa shape index (κ3) is 2.64. The van der Waals surface area contributed by atoms with Crippen molar-refractivity contribution in [1.82, 2.24) is 0 Å². The van der Waals surface area contributed by atoms with Gasteiger partial charge >= 0.3 is 6.18 Å². The molecule has 2 N–H and O–H groups in total. The first kappa shape index (κ1) is 12.9. The second-order valence-corrected chi connectivity index (χ2v) is 4.22. The van der Waals surface area contributed by atoms with Gasteiger partial charge in [-0.25, -0.2) is 0 Å². The van der Waals surface area contributed by atoms with Crippen LogP contribution in [-0.2, 0) is 15.7 Å². The van der Waals surface area contributed by atoms with Gasteiger partial charge in [-0.3, -0.25) is 4.79 Å². The van der Waals surface area contributed by atoms with Crippen LogP contribution in [0.25, 0.3) is 0 Å². The van der Waals surface area contributed by atoms with E-state index >= 15 is 0 Å². The highest BCUT2D eigenvalue weighted by Gasteiger charge is 2.33. The van der Waals surface area contributed by atoms with E-state index in [9.17, 15) is 18.0 Å². The van der Waals surface area contributed by atoms with E-state index in [-0.39, 0.29) is 0 Å². The largest absolute Gasteiger partial charge is 0.416 e. The Morgan fingerprint density at radius 3 is 2.61 bits per heavy atom. The van der Waals surface area contributed by atoms with Crippen LogP contribution in [0, 0.1) is 0 Å². The minimum atomic E-state index is -4.38. The fraction of sp³-hybridized carbons (Fsp3) is 0.417. The number of carbonyl (C=O) groups is 1. The number of ether oxygens (including phenoxy) is 1. The third-order valence-corrected chi connectivity index (χ3v) is 2.92. The number of hydrogen-bond acceptors (Lipinski definition) is 2. The summed E-state index contributed by atoms with van der Waals surface area (Å²) in [6.45, 7) is 0. The van der Waals surface area contributed by atoms with Gasteiger partial charge in [-0.2, -0.15) is 13.2 Å². The van der Waals surface area contributed by atoms with Crippen LogP contribution in [0.1, 0.15) is 30.1 Å². The molecule has 1 aromatic carbocycles. The molecule has 0 aliphatic carbocycles. The Balaban J connectivity index is 2.18. The van der Waals surface area contributed by atoms with E-state index in [0.29, 0.717) is 18.4 Å². The van der Waals surface area contributed by atoms with E-state index in [1.165, 1.54) is 6.07 Å². The predicted octanol–water partition coefficient (Wildman–Crippen LogP) is 2.41. The van der Waals surface area contributed by atoms with E-state index in [1.807, 2.05) is 0 Å². The van der Waals surface area contributed by atoms with Crippen molar-refractivity contribution < 1.29 is 22.7 Å². The smallest absolute Gasteiger partial charge is 0.367 e. The molecule has 2 atom stereocenters. The van der Waals surface area contributed by atoms with E-state index in [4.69, 9.17) is 10.5 Å². The normalized spacial score (nSPS) is 24.2. The van der Waals surface area contributed by atoms with E-state index in [2.05, 4.69) is 0 Å². The van der Waals surface area contributed by atoms with Crippen molar-refractivity contribution in [1.29, 1.82) is 0 Å². The maximum Gasteiger partial charge on any atom is 0.416 e. The Morgan fingerprint density at radius 2 is 2.06 bits per heavy atom. The molecule has 2 rings (SSSR count). The number of alkyl halides is 3. The summed E-state index contributed by atoms with van der Waals surface area (Å²) < 4.78 is 43.0. The van der Waals surface area contributed by atoms with Crippen LogP contribution < -0.4 is 5.73 Å². The topological polar surface area (TPSA) is 52.3 Å². The average molecular weight is 259 g/mol. The molecular weight excluding hydrogens is 247 g/mol. The third-order valence-electron chi connectivity index (χ3n) is 2.92. The zero-order valence-electron chi connectivity index (χ0n) is 9.41.